The summed E-state index contributed by atoms with van der Waals surface area (Å²) in [7, 11) is 4.23. The Morgan fingerprint density at radius 3 is 2.40 bits per heavy atom. The van der Waals surface area contributed by atoms with Crippen LogP contribution in [0.15, 0.2) is 24.3 Å². The SMILES string of the molecule is CCC(NC)c1ccc(N(C)CCN2CCCC2)cc1. The second kappa shape index (κ2) is 7.65. The van der Waals surface area contributed by atoms with Gasteiger partial charge in [0, 0.05) is 31.9 Å². The molecule has 1 N–H and O–H groups in total. The third-order valence-electron chi connectivity index (χ3n) is 4.44. The quantitative estimate of drug-likeness (QED) is 0.825. The van der Waals surface area contributed by atoms with Crippen LogP contribution in [0, 0.1) is 0 Å². The van der Waals surface area contributed by atoms with Gasteiger partial charge in [-0.2, -0.15) is 0 Å². The van der Waals surface area contributed by atoms with Gasteiger partial charge in [0.25, 0.3) is 0 Å². The first-order valence-electron chi connectivity index (χ1n) is 7.95. The second-order valence-electron chi connectivity index (χ2n) is 5.81. The Kier molecular flexibility index (Phi) is 5.86. The van der Waals surface area contributed by atoms with Crippen molar-refractivity contribution in [2.45, 2.75) is 32.2 Å². The lowest BCUT2D eigenvalue weighted by Crippen LogP contribution is -2.31. The Bertz CT molecular complexity index is 378. The predicted octanol–water partition coefficient (Wildman–Crippen LogP) is 2.89. The Labute approximate surface area is 124 Å². The van der Waals surface area contributed by atoms with Crippen LogP contribution in [0.5, 0.6) is 0 Å². The van der Waals surface area contributed by atoms with Gasteiger partial charge in [-0.15, -0.1) is 0 Å². The number of hydrogen-bond acceptors (Lipinski definition) is 3. The molecule has 20 heavy (non-hydrogen) atoms. The zero-order chi connectivity index (χ0) is 14.4. The van der Waals surface area contributed by atoms with Crippen LogP contribution in [0.2, 0.25) is 0 Å². The lowest BCUT2D eigenvalue weighted by atomic mass is 10.0. The molecule has 1 unspecified atom stereocenters. The van der Waals surface area contributed by atoms with E-state index in [0.717, 1.165) is 13.0 Å². The molecular weight excluding hydrogens is 246 g/mol. The third kappa shape index (κ3) is 3.97. The van der Waals surface area contributed by atoms with E-state index in [9.17, 15) is 0 Å². The summed E-state index contributed by atoms with van der Waals surface area (Å²) in [6.45, 7) is 7.09. The molecule has 3 nitrogen and oxygen atoms in total. The molecule has 1 saturated heterocycles. The number of benzene rings is 1. The first-order chi connectivity index (χ1) is 9.74. The fraction of sp³-hybridized carbons (Fsp3) is 0.647. The summed E-state index contributed by atoms with van der Waals surface area (Å²) in [4.78, 5) is 4.93. The molecule has 1 aliphatic rings. The molecule has 1 aliphatic heterocycles. The Morgan fingerprint density at radius 2 is 1.85 bits per heavy atom. The second-order valence-corrected chi connectivity index (χ2v) is 5.81. The van der Waals surface area contributed by atoms with E-state index in [2.05, 4.69) is 53.4 Å². The summed E-state index contributed by atoms with van der Waals surface area (Å²) in [6, 6.07) is 9.48. The Hall–Kier alpha value is -1.06. The Morgan fingerprint density at radius 1 is 1.20 bits per heavy atom. The van der Waals surface area contributed by atoms with Gasteiger partial charge in [0.05, 0.1) is 0 Å². The van der Waals surface area contributed by atoms with E-state index in [-0.39, 0.29) is 0 Å². The van der Waals surface area contributed by atoms with Gasteiger partial charge in [0.15, 0.2) is 0 Å². The average Bonchev–Trinajstić information content (AvgIpc) is 3.00. The van der Waals surface area contributed by atoms with Crippen LogP contribution in [0.4, 0.5) is 5.69 Å². The van der Waals surface area contributed by atoms with Crippen molar-refractivity contribution in [1.29, 1.82) is 0 Å². The zero-order valence-corrected chi connectivity index (χ0v) is 13.2. The van der Waals surface area contributed by atoms with Crippen LogP contribution < -0.4 is 10.2 Å². The van der Waals surface area contributed by atoms with Gasteiger partial charge in [-0.25, -0.2) is 0 Å². The van der Waals surface area contributed by atoms with E-state index >= 15 is 0 Å². The molecule has 0 spiro atoms. The van der Waals surface area contributed by atoms with E-state index in [1.54, 1.807) is 0 Å². The molecule has 0 saturated carbocycles. The van der Waals surface area contributed by atoms with Gasteiger partial charge < -0.3 is 15.1 Å². The third-order valence-corrected chi connectivity index (χ3v) is 4.44. The lowest BCUT2D eigenvalue weighted by molar-refractivity contribution is 0.346. The van der Waals surface area contributed by atoms with Gasteiger partial charge in [-0.1, -0.05) is 19.1 Å². The molecule has 0 radical (unpaired) electrons. The minimum atomic E-state index is 0.471. The van der Waals surface area contributed by atoms with Crippen molar-refractivity contribution in [2.24, 2.45) is 0 Å². The van der Waals surface area contributed by atoms with Crippen LogP contribution in [0.1, 0.15) is 37.8 Å². The summed E-state index contributed by atoms with van der Waals surface area (Å²) < 4.78 is 0. The molecule has 1 atom stereocenters. The predicted molar refractivity (Wildman–Crippen MR) is 87.5 cm³/mol. The molecule has 0 aliphatic carbocycles. The molecule has 1 fully saturated rings. The van der Waals surface area contributed by atoms with Gasteiger partial charge in [-0.3, -0.25) is 0 Å². The number of rotatable bonds is 7. The number of nitrogens with zero attached hydrogens (tertiary/aromatic N) is 2. The fourth-order valence-electron chi connectivity index (χ4n) is 2.99. The standard InChI is InChI=1S/C17H29N3/c1-4-17(18-2)15-7-9-16(10-8-15)19(3)13-14-20-11-5-6-12-20/h7-10,17-18H,4-6,11-14H2,1-3H3. The molecule has 1 aromatic carbocycles. The van der Waals surface area contributed by atoms with Crippen molar-refractivity contribution in [3.63, 3.8) is 0 Å². The highest BCUT2D eigenvalue weighted by Gasteiger charge is 2.12. The average molecular weight is 275 g/mol. The molecule has 0 bridgehead atoms. The van der Waals surface area contributed by atoms with E-state index in [4.69, 9.17) is 0 Å². The van der Waals surface area contributed by atoms with Crippen molar-refractivity contribution < 1.29 is 0 Å². The van der Waals surface area contributed by atoms with E-state index in [1.807, 2.05) is 7.05 Å². The summed E-state index contributed by atoms with van der Waals surface area (Å²) in [5, 5.41) is 3.36. The van der Waals surface area contributed by atoms with Crippen LogP contribution in [-0.2, 0) is 0 Å². The highest BCUT2D eigenvalue weighted by atomic mass is 15.2. The highest BCUT2D eigenvalue weighted by molar-refractivity contribution is 5.47. The van der Waals surface area contributed by atoms with Crippen LogP contribution in [-0.4, -0.2) is 45.2 Å². The summed E-state index contributed by atoms with van der Waals surface area (Å²) >= 11 is 0. The van der Waals surface area contributed by atoms with Crippen LogP contribution >= 0.6 is 0 Å². The summed E-state index contributed by atoms with van der Waals surface area (Å²) in [5.74, 6) is 0. The minimum absolute atomic E-state index is 0.471. The van der Waals surface area contributed by atoms with Crippen molar-refractivity contribution >= 4 is 5.69 Å². The molecule has 1 aromatic rings. The molecular formula is C17H29N3. The molecule has 2 rings (SSSR count). The van der Waals surface area contributed by atoms with Crippen LogP contribution in [0.25, 0.3) is 0 Å². The van der Waals surface area contributed by atoms with Gasteiger partial charge in [-0.05, 0) is 57.1 Å². The number of anilines is 1. The molecule has 112 valence electrons. The molecule has 3 heteroatoms. The number of hydrogen-bond donors (Lipinski definition) is 1. The molecule has 0 aromatic heterocycles. The maximum Gasteiger partial charge on any atom is 0.0364 e. The summed E-state index contributed by atoms with van der Waals surface area (Å²) in [6.07, 6.45) is 3.88. The van der Waals surface area contributed by atoms with Crippen molar-refractivity contribution in [3.8, 4) is 0 Å². The van der Waals surface area contributed by atoms with Gasteiger partial charge in [0.1, 0.15) is 0 Å². The first kappa shape index (κ1) is 15.3. The van der Waals surface area contributed by atoms with Gasteiger partial charge in [0.2, 0.25) is 0 Å². The maximum absolute atomic E-state index is 3.36. The number of nitrogens with one attached hydrogen (secondary N) is 1. The maximum atomic E-state index is 3.36. The van der Waals surface area contributed by atoms with Crippen molar-refractivity contribution in [1.82, 2.24) is 10.2 Å². The monoisotopic (exact) mass is 275 g/mol. The lowest BCUT2D eigenvalue weighted by Gasteiger charge is -2.24. The van der Waals surface area contributed by atoms with E-state index in [1.165, 1.54) is 43.7 Å². The smallest absolute Gasteiger partial charge is 0.0364 e. The van der Waals surface area contributed by atoms with Gasteiger partial charge >= 0.3 is 0 Å². The topological polar surface area (TPSA) is 18.5 Å². The zero-order valence-electron chi connectivity index (χ0n) is 13.2. The minimum Gasteiger partial charge on any atom is -0.373 e. The normalized spacial score (nSPS) is 17.4. The van der Waals surface area contributed by atoms with Crippen LogP contribution in [0.3, 0.4) is 0 Å². The highest BCUT2D eigenvalue weighted by Crippen LogP contribution is 2.20. The Balaban J connectivity index is 1.87. The molecule has 0 amide bonds. The largest absolute Gasteiger partial charge is 0.373 e. The summed E-state index contributed by atoms with van der Waals surface area (Å²) in [5.41, 5.74) is 2.70. The van der Waals surface area contributed by atoms with Crippen molar-refractivity contribution in [2.75, 3.05) is 45.2 Å². The van der Waals surface area contributed by atoms with E-state index in [0.29, 0.717) is 6.04 Å². The number of likely N-dealkylation sites (tertiary alicyclic amines) is 1. The van der Waals surface area contributed by atoms with Crippen molar-refractivity contribution in [3.05, 3.63) is 29.8 Å². The molecule has 1 heterocycles. The fourth-order valence-corrected chi connectivity index (χ4v) is 2.99. The first-order valence-corrected chi connectivity index (χ1v) is 7.95. The number of likely N-dealkylation sites (N-methyl/N-ethyl adjacent to an activating group) is 1. The van der Waals surface area contributed by atoms with E-state index < -0.39 is 0 Å².